The predicted molar refractivity (Wildman–Crippen MR) is 57.8 cm³/mol. The summed E-state index contributed by atoms with van der Waals surface area (Å²) in [6.07, 6.45) is 0.681. The SMILES string of the molecule is CC(CCO)Sc1cc(F)ccc1N. The van der Waals surface area contributed by atoms with Crippen LogP contribution in [0.15, 0.2) is 23.1 Å². The number of halogens is 1. The zero-order chi connectivity index (χ0) is 10.6. The highest BCUT2D eigenvalue weighted by atomic mass is 32.2. The maximum atomic E-state index is 12.9. The maximum Gasteiger partial charge on any atom is 0.124 e. The van der Waals surface area contributed by atoms with E-state index < -0.39 is 0 Å². The highest BCUT2D eigenvalue weighted by molar-refractivity contribution is 8.00. The third-order valence-corrected chi connectivity index (χ3v) is 3.08. The van der Waals surface area contributed by atoms with Crippen LogP contribution in [0.3, 0.4) is 0 Å². The van der Waals surface area contributed by atoms with Crippen LogP contribution in [0.1, 0.15) is 13.3 Å². The zero-order valence-corrected chi connectivity index (χ0v) is 8.85. The van der Waals surface area contributed by atoms with Crippen LogP contribution in [0.25, 0.3) is 0 Å². The molecular weight excluding hydrogens is 201 g/mol. The first-order valence-corrected chi connectivity index (χ1v) is 5.34. The summed E-state index contributed by atoms with van der Waals surface area (Å²) in [4.78, 5) is 0.742. The Hall–Kier alpha value is -0.740. The van der Waals surface area contributed by atoms with Crippen LogP contribution in [-0.2, 0) is 0 Å². The Morgan fingerprint density at radius 2 is 2.29 bits per heavy atom. The van der Waals surface area contributed by atoms with Crippen molar-refractivity contribution in [3.05, 3.63) is 24.0 Å². The van der Waals surface area contributed by atoms with E-state index in [1.165, 1.54) is 23.9 Å². The molecule has 4 heteroatoms. The van der Waals surface area contributed by atoms with Gasteiger partial charge in [-0.3, -0.25) is 0 Å². The van der Waals surface area contributed by atoms with E-state index in [9.17, 15) is 4.39 Å². The molecule has 1 unspecified atom stereocenters. The number of nitrogen functional groups attached to an aromatic ring is 1. The third kappa shape index (κ3) is 3.20. The van der Waals surface area contributed by atoms with E-state index in [4.69, 9.17) is 10.8 Å². The quantitative estimate of drug-likeness (QED) is 0.598. The molecule has 0 saturated heterocycles. The van der Waals surface area contributed by atoms with Crippen molar-refractivity contribution in [1.29, 1.82) is 0 Å². The molecule has 0 fully saturated rings. The second-order valence-corrected chi connectivity index (χ2v) is 4.60. The lowest BCUT2D eigenvalue weighted by Crippen LogP contribution is -2.00. The zero-order valence-electron chi connectivity index (χ0n) is 8.03. The molecular formula is C10H14FNOS. The molecule has 1 aromatic carbocycles. The fourth-order valence-corrected chi connectivity index (χ4v) is 2.11. The molecule has 1 rings (SSSR count). The summed E-state index contributed by atoms with van der Waals surface area (Å²) in [5, 5.41) is 8.96. The van der Waals surface area contributed by atoms with E-state index in [2.05, 4.69) is 0 Å². The van der Waals surface area contributed by atoms with Gasteiger partial charge in [0.15, 0.2) is 0 Å². The molecule has 0 saturated carbocycles. The summed E-state index contributed by atoms with van der Waals surface area (Å²) in [6.45, 7) is 2.12. The van der Waals surface area contributed by atoms with Gasteiger partial charge in [0.25, 0.3) is 0 Å². The van der Waals surface area contributed by atoms with Crippen molar-refractivity contribution in [3.8, 4) is 0 Å². The van der Waals surface area contributed by atoms with Crippen LogP contribution < -0.4 is 5.73 Å². The number of aliphatic hydroxyl groups is 1. The van der Waals surface area contributed by atoms with Gasteiger partial charge in [0.1, 0.15) is 5.82 Å². The summed E-state index contributed by atoms with van der Waals surface area (Å²) >= 11 is 1.48. The monoisotopic (exact) mass is 215 g/mol. The van der Waals surface area contributed by atoms with Crippen LogP contribution in [0.2, 0.25) is 0 Å². The van der Waals surface area contributed by atoms with Gasteiger partial charge < -0.3 is 10.8 Å². The Balaban J connectivity index is 2.70. The summed E-state index contributed by atoms with van der Waals surface area (Å²) in [5.74, 6) is -0.280. The molecule has 3 N–H and O–H groups in total. The highest BCUT2D eigenvalue weighted by Gasteiger charge is 2.07. The highest BCUT2D eigenvalue weighted by Crippen LogP contribution is 2.30. The molecule has 0 spiro atoms. The minimum atomic E-state index is -0.280. The Morgan fingerprint density at radius 3 is 2.93 bits per heavy atom. The van der Waals surface area contributed by atoms with E-state index in [1.807, 2.05) is 6.92 Å². The minimum Gasteiger partial charge on any atom is -0.398 e. The fourth-order valence-electron chi connectivity index (χ4n) is 1.07. The van der Waals surface area contributed by atoms with Gasteiger partial charge in [0, 0.05) is 22.4 Å². The lowest BCUT2D eigenvalue weighted by Gasteiger charge is -2.11. The first-order chi connectivity index (χ1) is 6.63. The number of thioether (sulfide) groups is 1. The summed E-state index contributed by atoms with van der Waals surface area (Å²) in [6, 6.07) is 4.33. The van der Waals surface area contributed by atoms with Crippen molar-refractivity contribution >= 4 is 17.4 Å². The van der Waals surface area contributed by atoms with Gasteiger partial charge in [-0.15, -0.1) is 11.8 Å². The summed E-state index contributed by atoms with van der Waals surface area (Å²) in [5.41, 5.74) is 6.27. The second kappa shape index (κ2) is 5.22. The second-order valence-electron chi connectivity index (χ2n) is 3.12. The molecule has 1 aromatic rings. The van der Waals surface area contributed by atoms with Crippen molar-refractivity contribution in [2.45, 2.75) is 23.5 Å². The standard InChI is InChI=1S/C10H14FNOS/c1-7(4-5-13)14-10-6-8(11)2-3-9(10)12/h2-3,6-7,13H,4-5,12H2,1H3. The lowest BCUT2D eigenvalue weighted by molar-refractivity contribution is 0.289. The molecule has 2 nitrogen and oxygen atoms in total. The number of nitrogens with two attached hydrogens (primary N) is 1. The average molecular weight is 215 g/mol. The summed E-state index contributed by atoms with van der Waals surface area (Å²) < 4.78 is 12.9. The number of anilines is 1. The Labute approximate surface area is 87.3 Å². The molecule has 0 bridgehead atoms. The van der Waals surface area contributed by atoms with Gasteiger partial charge in [-0.2, -0.15) is 0 Å². The molecule has 0 aliphatic carbocycles. The summed E-state index contributed by atoms with van der Waals surface area (Å²) in [7, 11) is 0. The maximum absolute atomic E-state index is 12.9. The van der Waals surface area contributed by atoms with E-state index >= 15 is 0 Å². The molecule has 1 atom stereocenters. The van der Waals surface area contributed by atoms with Crippen LogP contribution in [0, 0.1) is 5.82 Å². The van der Waals surface area contributed by atoms with Gasteiger partial charge in [0.2, 0.25) is 0 Å². The third-order valence-electron chi connectivity index (χ3n) is 1.84. The molecule has 0 aliphatic heterocycles. The van der Waals surface area contributed by atoms with Gasteiger partial charge in [0.05, 0.1) is 0 Å². The number of hydrogen-bond acceptors (Lipinski definition) is 3. The molecule has 0 heterocycles. The average Bonchev–Trinajstić information content (AvgIpc) is 2.12. The largest absolute Gasteiger partial charge is 0.398 e. The molecule has 0 aliphatic rings. The van der Waals surface area contributed by atoms with Crippen LogP contribution in [0.5, 0.6) is 0 Å². The molecule has 0 radical (unpaired) electrons. The van der Waals surface area contributed by atoms with Crippen molar-refractivity contribution in [3.63, 3.8) is 0 Å². The Morgan fingerprint density at radius 1 is 1.57 bits per heavy atom. The van der Waals surface area contributed by atoms with Crippen LogP contribution in [-0.4, -0.2) is 17.0 Å². The van der Waals surface area contributed by atoms with Crippen molar-refractivity contribution in [1.82, 2.24) is 0 Å². The molecule has 78 valence electrons. The topological polar surface area (TPSA) is 46.2 Å². The van der Waals surface area contributed by atoms with Crippen molar-refractivity contribution < 1.29 is 9.50 Å². The lowest BCUT2D eigenvalue weighted by atomic mass is 10.3. The molecule has 0 aromatic heterocycles. The van der Waals surface area contributed by atoms with E-state index in [1.54, 1.807) is 6.07 Å². The number of rotatable bonds is 4. The van der Waals surface area contributed by atoms with E-state index in [0.717, 1.165) is 4.90 Å². The predicted octanol–water partition coefficient (Wildman–Crippen LogP) is 2.27. The van der Waals surface area contributed by atoms with E-state index in [-0.39, 0.29) is 17.7 Å². The Bertz CT molecular complexity index is 306. The van der Waals surface area contributed by atoms with Gasteiger partial charge in [-0.25, -0.2) is 4.39 Å². The number of aliphatic hydroxyl groups excluding tert-OH is 1. The normalized spacial score (nSPS) is 12.8. The van der Waals surface area contributed by atoms with Crippen LogP contribution in [0.4, 0.5) is 10.1 Å². The van der Waals surface area contributed by atoms with Crippen LogP contribution >= 0.6 is 11.8 Å². The fraction of sp³-hybridized carbons (Fsp3) is 0.400. The van der Waals surface area contributed by atoms with Gasteiger partial charge in [-0.05, 0) is 24.6 Å². The van der Waals surface area contributed by atoms with E-state index in [0.29, 0.717) is 12.1 Å². The molecule has 0 amide bonds. The van der Waals surface area contributed by atoms with Crippen molar-refractivity contribution in [2.24, 2.45) is 0 Å². The smallest absolute Gasteiger partial charge is 0.124 e. The van der Waals surface area contributed by atoms with Gasteiger partial charge >= 0.3 is 0 Å². The Kier molecular flexibility index (Phi) is 4.22. The number of hydrogen-bond donors (Lipinski definition) is 2. The first-order valence-electron chi connectivity index (χ1n) is 4.46. The number of benzene rings is 1. The minimum absolute atomic E-state index is 0.142. The first kappa shape index (κ1) is 11.3. The van der Waals surface area contributed by atoms with Gasteiger partial charge in [-0.1, -0.05) is 6.92 Å². The molecule has 14 heavy (non-hydrogen) atoms. The van der Waals surface area contributed by atoms with Crippen molar-refractivity contribution in [2.75, 3.05) is 12.3 Å².